The number of carbonyl (C=O) groups is 2. The maximum absolute atomic E-state index is 12.2. The van der Waals surface area contributed by atoms with Crippen LogP contribution in [0.1, 0.15) is 37.6 Å². The molecule has 1 rings (SSSR count). The number of nitrogens with one attached hydrogen (secondary N) is 2. The molecule has 5 nitrogen and oxygen atoms in total. The molecule has 0 saturated heterocycles. The van der Waals surface area contributed by atoms with Crippen molar-refractivity contribution in [3.63, 3.8) is 0 Å². The van der Waals surface area contributed by atoms with Gasteiger partial charge in [0.1, 0.15) is 5.75 Å². The van der Waals surface area contributed by atoms with Crippen molar-refractivity contribution in [2.75, 3.05) is 19.7 Å². The lowest BCUT2D eigenvalue weighted by atomic mass is 10.1. The van der Waals surface area contributed by atoms with Crippen LogP contribution in [0, 0.1) is 0 Å². The summed E-state index contributed by atoms with van der Waals surface area (Å²) in [6, 6.07) is 6.89. The fourth-order valence-corrected chi connectivity index (χ4v) is 1.81. The lowest BCUT2D eigenvalue weighted by Gasteiger charge is -2.13. The highest BCUT2D eigenvalue weighted by molar-refractivity contribution is 5.99. The zero-order chi connectivity index (χ0) is 15.7. The molecule has 0 bridgehead atoms. The molecule has 0 aliphatic carbocycles. The molecule has 116 valence electrons. The molecule has 1 unspecified atom stereocenters. The van der Waals surface area contributed by atoms with Gasteiger partial charge in [0.05, 0.1) is 12.6 Å². The minimum atomic E-state index is -0.291. The standard InChI is InChI=1S/C16H24N2O3/c1-4-11-21-15-7-5-14(6-8-15)16(20)12(2)17-9-10-18-13(3)19/h5-8,12,17H,4,9-11H2,1-3H3,(H,18,19). The van der Waals surface area contributed by atoms with E-state index in [1.165, 1.54) is 6.92 Å². The van der Waals surface area contributed by atoms with Gasteiger partial charge in [0.15, 0.2) is 5.78 Å². The summed E-state index contributed by atoms with van der Waals surface area (Å²) in [6.45, 7) is 7.08. The molecule has 1 amide bonds. The second-order valence-corrected chi connectivity index (χ2v) is 4.90. The summed E-state index contributed by atoms with van der Waals surface area (Å²) in [5.41, 5.74) is 0.651. The normalized spacial score (nSPS) is 11.8. The zero-order valence-electron chi connectivity index (χ0n) is 12.9. The van der Waals surface area contributed by atoms with Crippen LogP contribution in [0.4, 0.5) is 0 Å². The molecule has 5 heteroatoms. The van der Waals surface area contributed by atoms with Crippen LogP contribution in [-0.2, 0) is 4.79 Å². The monoisotopic (exact) mass is 292 g/mol. The smallest absolute Gasteiger partial charge is 0.216 e. The van der Waals surface area contributed by atoms with Crippen molar-refractivity contribution in [3.8, 4) is 5.75 Å². The average Bonchev–Trinajstić information content (AvgIpc) is 2.49. The van der Waals surface area contributed by atoms with Gasteiger partial charge >= 0.3 is 0 Å². The Labute approximate surface area is 126 Å². The first-order valence-corrected chi connectivity index (χ1v) is 7.29. The molecule has 0 aliphatic heterocycles. The number of amides is 1. The van der Waals surface area contributed by atoms with E-state index in [0.717, 1.165) is 12.2 Å². The van der Waals surface area contributed by atoms with Gasteiger partial charge < -0.3 is 15.4 Å². The van der Waals surface area contributed by atoms with Crippen molar-refractivity contribution < 1.29 is 14.3 Å². The minimum Gasteiger partial charge on any atom is -0.494 e. The average molecular weight is 292 g/mol. The number of hydrogen-bond acceptors (Lipinski definition) is 4. The van der Waals surface area contributed by atoms with Crippen LogP contribution in [0.5, 0.6) is 5.75 Å². The molecule has 1 atom stereocenters. The Kier molecular flexibility index (Phi) is 7.46. The Hall–Kier alpha value is -1.88. The number of ether oxygens (including phenoxy) is 1. The predicted molar refractivity (Wildman–Crippen MR) is 82.7 cm³/mol. The van der Waals surface area contributed by atoms with Crippen molar-refractivity contribution >= 4 is 11.7 Å². The van der Waals surface area contributed by atoms with Crippen LogP contribution in [0.2, 0.25) is 0 Å². The van der Waals surface area contributed by atoms with E-state index in [9.17, 15) is 9.59 Å². The molecule has 21 heavy (non-hydrogen) atoms. The molecule has 0 aliphatic rings. The summed E-state index contributed by atoms with van der Waals surface area (Å²) in [5.74, 6) is 0.734. The largest absolute Gasteiger partial charge is 0.494 e. The molecule has 0 saturated carbocycles. The van der Waals surface area contributed by atoms with E-state index in [1.54, 1.807) is 12.1 Å². The third-order valence-electron chi connectivity index (χ3n) is 2.95. The Morgan fingerprint density at radius 1 is 1.19 bits per heavy atom. The third-order valence-corrected chi connectivity index (χ3v) is 2.95. The number of ketones is 1. The van der Waals surface area contributed by atoms with Gasteiger partial charge in [-0.25, -0.2) is 0 Å². The van der Waals surface area contributed by atoms with Gasteiger partial charge in [-0.05, 0) is 37.6 Å². The molecule has 0 fully saturated rings. The maximum Gasteiger partial charge on any atom is 0.216 e. The minimum absolute atomic E-state index is 0.0277. The Bertz CT molecular complexity index is 457. The van der Waals surface area contributed by atoms with Crippen molar-refractivity contribution in [1.29, 1.82) is 0 Å². The number of Topliss-reactive ketones (excluding diaryl/α,β-unsaturated/α-hetero) is 1. The highest BCUT2D eigenvalue weighted by Crippen LogP contribution is 2.13. The molecular weight excluding hydrogens is 268 g/mol. The van der Waals surface area contributed by atoms with E-state index in [4.69, 9.17) is 4.74 Å². The highest BCUT2D eigenvalue weighted by Gasteiger charge is 2.14. The molecule has 0 radical (unpaired) electrons. The number of benzene rings is 1. The topological polar surface area (TPSA) is 67.4 Å². The molecule has 1 aromatic rings. The van der Waals surface area contributed by atoms with E-state index in [0.29, 0.717) is 25.3 Å². The van der Waals surface area contributed by atoms with Crippen LogP contribution in [0.25, 0.3) is 0 Å². The first kappa shape index (κ1) is 17.2. The van der Waals surface area contributed by atoms with Crippen LogP contribution < -0.4 is 15.4 Å². The highest BCUT2D eigenvalue weighted by atomic mass is 16.5. The summed E-state index contributed by atoms with van der Waals surface area (Å²) in [6.07, 6.45) is 0.954. The molecule has 0 spiro atoms. The third kappa shape index (κ3) is 6.40. The van der Waals surface area contributed by atoms with E-state index in [2.05, 4.69) is 10.6 Å². The van der Waals surface area contributed by atoms with Crippen LogP contribution in [0.15, 0.2) is 24.3 Å². The second kappa shape index (κ2) is 9.13. The fourth-order valence-electron chi connectivity index (χ4n) is 1.81. The van der Waals surface area contributed by atoms with Gasteiger partial charge in [-0.1, -0.05) is 6.92 Å². The van der Waals surface area contributed by atoms with Gasteiger partial charge in [0.25, 0.3) is 0 Å². The van der Waals surface area contributed by atoms with Crippen LogP contribution in [0.3, 0.4) is 0 Å². The number of carbonyl (C=O) groups excluding carboxylic acids is 2. The summed E-state index contributed by atoms with van der Waals surface area (Å²) < 4.78 is 5.49. The Morgan fingerprint density at radius 3 is 2.43 bits per heavy atom. The van der Waals surface area contributed by atoms with Gasteiger partial charge in [-0.15, -0.1) is 0 Å². The number of rotatable bonds is 9. The molecule has 2 N–H and O–H groups in total. The van der Waals surface area contributed by atoms with E-state index >= 15 is 0 Å². The molecule has 0 aromatic heterocycles. The van der Waals surface area contributed by atoms with E-state index in [1.807, 2.05) is 26.0 Å². The van der Waals surface area contributed by atoms with E-state index < -0.39 is 0 Å². The van der Waals surface area contributed by atoms with Crippen molar-refractivity contribution in [1.82, 2.24) is 10.6 Å². The molecule has 1 aromatic carbocycles. The van der Waals surface area contributed by atoms with Gasteiger partial charge in [0, 0.05) is 25.6 Å². The summed E-state index contributed by atoms with van der Waals surface area (Å²) in [5, 5.41) is 5.77. The Balaban J connectivity index is 2.44. The summed E-state index contributed by atoms with van der Waals surface area (Å²) in [4.78, 5) is 22.9. The Morgan fingerprint density at radius 2 is 1.86 bits per heavy atom. The zero-order valence-corrected chi connectivity index (χ0v) is 12.9. The lowest BCUT2D eigenvalue weighted by molar-refractivity contribution is -0.118. The van der Waals surface area contributed by atoms with Crippen molar-refractivity contribution in [2.45, 2.75) is 33.2 Å². The summed E-state index contributed by atoms with van der Waals surface area (Å²) >= 11 is 0. The number of hydrogen-bond donors (Lipinski definition) is 2. The van der Waals surface area contributed by atoms with Crippen LogP contribution in [-0.4, -0.2) is 37.4 Å². The molecule has 0 heterocycles. The van der Waals surface area contributed by atoms with Crippen LogP contribution >= 0.6 is 0 Å². The van der Waals surface area contributed by atoms with E-state index in [-0.39, 0.29) is 17.7 Å². The maximum atomic E-state index is 12.2. The van der Waals surface area contributed by atoms with Crippen molar-refractivity contribution in [2.24, 2.45) is 0 Å². The fraction of sp³-hybridized carbons (Fsp3) is 0.500. The predicted octanol–water partition coefficient (Wildman–Crippen LogP) is 1.77. The summed E-state index contributed by atoms with van der Waals surface area (Å²) in [7, 11) is 0. The lowest BCUT2D eigenvalue weighted by Crippen LogP contribution is -2.39. The van der Waals surface area contributed by atoms with Gasteiger partial charge in [-0.3, -0.25) is 9.59 Å². The van der Waals surface area contributed by atoms with Gasteiger partial charge in [0.2, 0.25) is 5.91 Å². The molecular formula is C16H24N2O3. The first-order valence-electron chi connectivity index (χ1n) is 7.29. The quantitative estimate of drug-likeness (QED) is 0.538. The SMILES string of the molecule is CCCOc1ccc(C(=O)C(C)NCCNC(C)=O)cc1. The van der Waals surface area contributed by atoms with Crippen molar-refractivity contribution in [3.05, 3.63) is 29.8 Å². The van der Waals surface area contributed by atoms with Gasteiger partial charge in [-0.2, -0.15) is 0 Å². The second-order valence-electron chi connectivity index (χ2n) is 4.90. The first-order chi connectivity index (χ1) is 10.0.